The van der Waals surface area contributed by atoms with E-state index >= 15 is 0 Å². The van der Waals surface area contributed by atoms with Gasteiger partial charge in [-0.25, -0.2) is 10.0 Å². The maximum absolute atomic E-state index is 12.0. The summed E-state index contributed by atoms with van der Waals surface area (Å²) in [5.41, 5.74) is 0. The Bertz CT molecular complexity index is 235. The van der Waals surface area contributed by atoms with Crippen molar-refractivity contribution in [1.82, 2.24) is 4.90 Å². The summed E-state index contributed by atoms with van der Waals surface area (Å²) in [5.74, 6) is 0.359. The molecule has 0 aromatic carbocycles. The number of nitrogens with zero attached hydrogens (tertiary/aromatic N) is 1. The second-order valence-corrected chi connectivity index (χ2v) is 9.56. The Kier molecular flexibility index (Phi) is 4.06. The molecule has 1 atom stereocenters. The van der Waals surface area contributed by atoms with Crippen LogP contribution in [0.3, 0.4) is 0 Å². The molecule has 1 heterocycles. The van der Waals surface area contributed by atoms with Crippen molar-refractivity contribution in [2.45, 2.75) is 19.2 Å². The van der Waals surface area contributed by atoms with Crippen LogP contribution >= 0.6 is 10.0 Å². The van der Waals surface area contributed by atoms with Gasteiger partial charge in [-0.15, -0.1) is 0 Å². The van der Waals surface area contributed by atoms with E-state index < -0.39 is 10.0 Å². The van der Waals surface area contributed by atoms with Crippen LogP contribution in [0.25, 0.3) is 0 Å². The van der Waals surface area contributed by atoms with Crippen LogP contribution in [-0.2, 0) is 9.53 Å². The molecule has 0 spiro atoms. The van der Waals surface area contributed by atoms with E-state index in [1.54, 1.807) is 0 Å². The highest BCUT2D eigenvalue weighted by Crippen LogP contribution is 2.44. The van der Waals surface area contributed by atoms with Crippen molar-refractivity contribution in [1.29, 1.82) is 0 Å². The van der Waals surface area contributed by atoms with E-state index in [1.807, 2.05) is 18.7 Å². The highest BCUT2D eigenvalue weighted by molar-refractivity contribution is 8.32. The Hall–Kier alpha value is -0.220. The second kappa shape index (κ2) is 4.74. The lowest BCUT2D eigenvalue weighted by Crippen LogP contribution is -2.51. The fourth-order valence-electron chi connectivity index (χ4n) is 1.75. The predicted octanol–water partition coefficient (Wildman–Crippen LogP) is 1.52. The molecule has 90 valence electrons. The third kappa shape index (κ3) is 3.11. The molecule has 15 heavy (non-hydrogen) atoms. The van der Waals surface area contributed by atoms with Crippen molar-refractivity contribution >= 4 is 15.9 Å². The first-order valence-electron chi connectivity index (χ1n) is 5.39. The van der Waals surface area contributed by atoms with Crippen molar-refractivity contribution in [2.24, 2.45) is 5.92 Å². The Morgan fingerprint density at radius 2 is 2.00 bits per heavy atom. The minimum atomic E-state index is -0.773. The summed E-state index contributed by atoms with van der Waals surface area (Å²) < 4.78 is 5.50. The first-order chi connectivity index (χ1) is 6.84. The summed E-state index contributed by atoms with van der Waals surface area (Å²) in [6.07, 6.45) is 6.73. The normalized spacial score (nSPS) is 24.4. The van der Waals surface area contributed by atoms with Gasteiger partial charge in [0.05, 0.1) is 18.6 Å². The number of amides is 1. The highest BCUT2D eigenvalue weighted by Gasteiger charge is 2.33. The van der Waals surface area contributed by atoms with Gasteiger partial charge < -0.3 is 9.64 Å². The molecule has 1 unspecified atom stereocenters. The molecular weight excluding hydrogens is 210 g/mol. The molecule has 3 nitrogen and oxygen atoms in total. The number of morpholine rings is 1. The molecule has 1 aliphatic rings. The first-order valence-corrected chi connectivity index (χ1v) is 8.31. The molecule has 0 N–H and O–H groups in total. The van der Waals surface area contributed by atoms with Crippen molar-refractivity contribution in [3.63, 3.8) is 0 Å². The summed E-state index contributed by atoms with van der Waals surface area (Å²) in [4.78, 5) is 14.1. The van der Waals surface area contributed by atoms with E-state index in [1.165, 1.54) is 0 Å². The van der Waals surface area contributed by atoms with Crippen LogP contribution in [0.1, 0.15) is 13.8 Å². The third-order valence-electron chi connectivity index (χ3n) is 2.68. The van der Waals surface area contributed by atoms with Crippen LogP contribution in [0, 0.1) is 5.92 Å². The average Bonchev–Trinajstić information content (AvgIpc) is 2.15. The number of ether oxygens (including phenoxy) is 1. The summed E-state index contributed by atoms with van der Waals surface area (Å²) >= 11 is 0. The first kappa shape index (κ1) is 12.8. The number of hydrogen-bond acceptors (Lipinski definition) is 2. The molecule has 0 bridgehead atoms. The molecule has 1 aliphatic heterocycles. The van der Waals surface area contributed by atoms with Gasteiger partial charge in [0.25, 0.3) is 0 Å². The Morgan fingerprint density at radius 1 is 1.40 bits per heavy atom. The lowest BCUT2D eigenvalue weighted by molar-refractivity contribution is -0.139. The zero-order valence-electron chi connectivity index (χ0n) is 10.4. The SMILES string of the molecule is CC(C)C(=O)N1CCOCC1S(C)(C)C. The average molecular weight is 233 g/mol. The third-order valence-corrected chi connectivity index (χ3v) is 4.70. The van der Waals surface area contributed by atoms with Gasteiger partial charge in [0.1, 0.15) is 0 Å². The van der Waals surface area contributed by atoms with Gasteiger partial charge >= 0.3 is 0 Å². The molecule has 0 saturated carbocycles. The standard InChI is InChI=1S/C11H23NO2S/c1-9(2)11(13)12-6-7-14-8-10(12)15(3,4)5/h9-10H,6-8H2,1-5H3. The Balaban J connectivity index is 2.79. The van der Waals surface area contributed by atoms with Crippen molar-refractivity contribution in [2.75, 3.05) is 38.5 Å². The number of carbonyl (C=O) groups is 1. The van der Waals surface area contributed by atoms with Crippen LogP contribution in [0.15, 0.2) is 0 Å². The zero-order valence-corrected chi connectivity index (χ0v) is 11.3. The Morgan fingerprint density at radius 3 is 2.47 bits per heavy atom. The highest BCUT2D eigenvalue weighted by atomic mass is 32.3. The lowest BCUT2D eigenvalue weighted by Gasteiger charge is -2.46. The molecule has 0 aromatic heterocycles. The number of carbonyl (C=O) groups excluding carboxylic acids is 1. The minimum Gasteiger partial charge on any atom is -0.377 e. The fraction of sp³-hybridized carbons (Fsp3) is 0.909. The van der Waals surface area contributed by atoms with Crippen LogP contribution in [-0.4, -0.2) is 54.7 Å². The van der Waals surface area contributed by atoms with Crippen LogP contribution in [0.2, 0.25) is 0 Å². The van der Waals surface area contributed by atoms with Crippen LogP contribution in [0.5, 0.6) is 0 Å². The van der Waals surface area contributed by atoms with Crippen LogP contribution in [0.4, 0.5) is 0 Å². The maximum Gasteiger partial charge on any atom is 0.226 e. The molecule has 1 fully saturated rings. The molecular formula is C11H23NO2S. The van der Waals surface area contributed by atoms with E-state index in [9.17, 15) is 4.79 Å². The van der Waals surface area contributed by atoms with Gasteiger partial charge in [-0.2, -0.15) is 0 Å². The smallest absolute Gasteiger partial charge is 0.226 e. The summed E-state index contributed by atoms with van der Waals surface area (Å²) in [5, 5.41) is 0.293. The van der Waals surface area contributed by atoms with E-state index in [2.05, 4.69) is 18.8 Å². The number of rotatable bonds is 2. The molecule has 0 aliphatic carbocycles. The molecule has 1 rings (SSSR count). The van der Waals surface area contributed by atoms with Gasteiger partial charge in [-0.1, -0.05) is 13.8 Å². The van der Waals surface area contributed by atoms with Gasteiger partial charge in [-0.05, 0) is 18.8 Å². The maximum atomic E-state index is 12.0. The number of hydrogen-bond donors (Lipinski definition) is 0. The zero-order chi connectivity index (χ0) is 11.6. The molecule has 0 aromatic rings. The largest absolute Gasteiger partial charge is 0.377 e. The van der Waals surface area contributed by atoms with E-state index in [-0.39, 0.29) is 11.8 Å². The summed E-state index contributed by atoms with van der Waals surface area (Å²) in [7, 11) is -0.773. The van der Waals surface area contributed by atoms with Gasteiger partial charge in [0, 0.05) is 12.5 Å². The Labute approximate surface area is 94.5 Å². The van der Waals surface area contributed by atoms with Crippen molar-refractivity contribution in [3.8, 4) is 0 Å². The summed E-state index contributed by atoms with van der Waals surface area (Å²) in [6.45, 7) is 6.08. The molecule has 0 radical (unpaired) electrons. The van der Waals surface area contributed by atoms with E-state index in [0.717, 1.165) is 6.54 Å². The molecule has 1 amide bonds. The predicted molar refractivity (Wildman–Crippen MR) is 66.5 cm³/mol. The monoisotopic (exact) mass is 233 g/mol. The molecule has 1 saturated heterocycles. The molecule has 4 heteroatoms. The van der Waals surface area contributed by atoms with Crippen molar-refractivity contribution in [3.05, 3.63) is 0 Å². The van der Waals surface area contributed by atoms with Gasteiger partial charge in [0.2, 0.25) is 5.91 Å². The van der Waals surface area contributed by atoms with Crippen LogP contribution < -0.4 is 0 Å². The quantitative estimate of drug-likeness (QED) is 0.724. The van der Waals surface area contributed by atoms with E-state index in [0.29, 0.717) is 18.6 Å². The fourth-order valence-corrected chi connectivity index (χ4v) is 3.23. The van der Waals surface area contributed by atoms with Crippen molar-refractivity contribution < 1.29 is 9.53 Å². The minimum absolute atomic E-state index is 0.0901. The van der Waals surface area contributed by atoms with E-state index in [4.69, 9.17) is 4.74 Å². The van der Waals surface area contributed by atoms with Gasteiger partial charge in [-0.3, -0.25) is 4.79 Å². The lowest BCUT2D eigenvalue weighted by atomic mass is 10.2. The van der Waals surface area contributed by atoms with Gasteiger partial charge in [0.15, 0.2) is 0 Å². The summed E-state index contributed by atoms with van der Waals surface area (Å²) in [6, 6.07) is 0. The topological polar surface area (TPSA) is 29.5 Å². The second-order valence-electron chi connectivity index (χ2n) is 5.15.